The number of amides is 2. The van der Waals surface area contributed by atoms with E-state index in [0.29, 0.717) is 32.6 Å². The number of hydrogen-bond donors (Lipinski definition) is 2. The lowest BCUT2D eigenvalue weighted by Gasteiger charge is -2.36. The van der Waals surface area contributed by atoms with Crippen molar-refractivity contribution in [2.24, 2.45) is 4.99 Å². The van der Waals surface area contributed by atoms with Crippen molar-refractivity contribution in [2.75, 3.05) is 32.9 Å². The Labute approximate surface area is 260 Å². The predicted octanol–water partition coefficient (Wildman–Crippen LogP) is 4.26. The van der Waals surface area contributed by atoms with Crippen LogP contribution in [0.15, 0.2) is 40.7 Å². The van der Waals surface area contributed by atoms with Crippen molar-refractivity contribution in [3.05, 3.63) is 73.6 Å². The number of alkyl halides is 1. The fraction of sp³-hybridized carbons (Fsp3) is 0.433. The van der Waals surface area contributed by atoms with E-state index in [-0.39, 0.29) is 63.7 Å². The van der Waals surface area contributed by atoms with E-state index in [1.54, 1.807) is 49.1 Å². The molecule has 0 aromatic heterocycles. The van der Waals surface area contributed by atoms with E-state index in [0.717, 1.165) is 16.5 Å². The number of carbonyl (C=O) groups excluding carboxylic acids is 2. The Morgan fingerprint density at radius 1 is 1.05 bits per heavy atom. The molecule has 3 aliphatic heterocycles. The number of likely N-dealkylation sites (tertiary alicyclic amines) is 1. The average molecular weight is 652 g/mol. The van der Waals surface area contributed by atoms with Crippen molar-refractivity contribution >= 4 is 57.0 Å². The van der Waals surface area contributed by atoms with Crippen LogP contribution in [-0.4, -0.2) is 84.4 Å². The predicted molar refractivity (Wildman–Crippen MR) is 165 cm³/mol. The van der Waals surface area contributed by atoms with Crippen molar-refractivity contribution in [2.45, 2.75) is 50.7 Å². The first kappa shape index (κ1) is 31.6. The van der Waals surface area contributed by atoms with Crippen LogP contribution in [0.25, 0.3) is 6.08 Å². The van der Waals surface area contributed by atoms with Gasteiger partial charge in [-0.3, -0.25) is 14.6 Å². The first-order valence-electron chi connectivity index (χ1n) is 14.0. The number of halogens is 3. The van der Waals surface area contributed by atoms with Gasteiger partial charge in [0.15, 0.2) is 0 Å². The molecule has 3 heterocycles. The molecular formula is C30H33Cl2FN4O5S. The third-order valence-corrected chi connectivity index (χ3v) is 10.9. The van der Waals surface area contributed by atoms with Crippen LogP contribution in [-0.2, 0) is 14.8 Å². The van der Waals surface area contributed by atoms with E-state index in [2.05, 4.69) is 10.3 Å². The van der Waals surface area contributed by atoms with Gasteiger partial charge in [0.25, 0.3) is 11.8 Å². The second-order valence-electron chi connectivity index (χ2n) is 11.5. The summed E-state index contributed by atoms with van der Waals surface area (Å²) < 4.78 is 40.9. The molecule has 0 aliphatic carbocycles. The summed E-state index contributed by atoms with van der Waals surface area (Å²) in [5, 5.41) is 14.8. The molecule has 0 radical (unpaired) electrons. The summed E-state index contributed by atoms with van der Waals surface area (Å²) in [5.41, 5.74) is 0.807. The van der Waals surface area contributed by atoms with E-state index in [4.69, 9.17) is 23.2 Å². The van der Waals surface area contributed by atoms with Gasteiger partial charge < -0.3 is 15.3 Å². The van der Waals surface area contributed by atoms with Gasteiger partial charge in [0.1, 0.15) is 18.0 Å². The van der Waals surface area contributed by atoms with Crippen molar-refractivity contribution in [1.82, 2.24) is 14.5 Å². The Morgan fingerprint density at radius 3 is 2.26 bits per heavy atom. The second kappa shape index (κ2) is 11.9. The van der Waals surface area contributed by atoms with Crippen LogP contribution in [0.5, 0.6) is 0 Å². The Bertz CT molecular complexity index is 1610. The van der Waals surface area contributed by atoms with Gasteiger partial charge in [-0.2, -0.15) is 4.31 Å². The number of nitrogens with one attached hydrogen (secondary N) is 1. The summed E-state index contributed by atoms with van der Waals surface area (Å²) in [6.07, 6.45) is 2.34. The number of amidine groups is 1. The van der Waals surface area contributed by atoms with Gasteiger partial charge >= 0.3 is 0 Å². The third-order valence-electron chi connectivity index (χ3n) is 8.56. The topological polar surface area (TPSA) is 119 Å². The summed E-state index contributed by atoms with van der Waals surface area (Å²) in [5.74, 6) is -0.0997. The van der Waals surface area contributed by atoms with Crippen molar-refractivity contribution in [1.29, 1.82) is 0 Å². The molecule has 2 amide bonds. The van der Waals surface area contributed by atoms with Crippen LogP contribution < -0.4 is 5.32 Å². The first-order chi connectivity index (χ1) is 20.3. The smallest absolute Gasteiger partial charge is 0.253 e. The molecule has 2 fully saturated rings. The zero-order valence-electron chi connectivity index (χ0n) is 23.9. The highest BCUT2D eigenvalue weighted by Gasteiger charge is 2.47. The fourth-order valence-electron chi connectivity index (χ4n) is 5.79. The molecule has 0 bridgehead atoms. The molecule has 230 valence electrons. The van der Waals surface area contributed by atoms with Gasteiger partial charge in [0, 0.05) is 42.7 Å². The summed E-state index contributed by atoms with van der Waals surface area (Å²) >= 11 is 12.1. The van der Waals surface area contributed by atoms with Gasteiger partial charge in [-0.05, 0) is 92.6 Å². The minimum atomic E-state index is -3.80. The summed E-state index contributed by atoms with van der Waals surface area (Å²) in [7, 11) is -3.80. The highest BCUT2D eigenvalue weighted by Crippen LogP contribution is 2.33. The molecular weight excluding hydrogens is 618 g/mol. The summed E-state index contributed by atoms with van der Waals surface area (Å²) in [4.78, 5) is 32.3. The van der Waals surface area contributed by atoms with E-state index in [1.165, 1.54) is 10.4 Å². The number of nitrogens with zero attached hydrogens (tertiary/aromatic N) is 3. The molecule has 5 rings (SSSR count). The molecule has 2 aromatic rings. The minimum absolute atomic E-state index is 0.122. The lowest BCUT2D eigenvalue weighted by molar-refractivity contribution is -0.124. The van der Waals surface area contributed by atoms with Crippen molar-refractivity contribution in [3.8, 4) is 0 Å². The molecule has 2 N–H and O–H groups in total. The quantitative estimate of drug-likeness (QED) is 0.484. The minimum Gasteiger partial charge on any atom is -0.387 e. The van der Waals surface area contributed by atoms with E-state index < -0.39 is 27.8 Å². The Kier molecular flexibility index (Phi) is 8.76. The molecule has 9 nitrogen and oxygen atoms in total. The number of piperidine rings is 2. The molecule has 13 heteroatoms. The molecule has 0 saturated carbocycles. The standard InChI is InChI=1S/C30H33Cl2FN4O5S/c1-19-15-22(27(38)36-10-6-29(40,18-33)7-11-36)16-20(2)23(19)5-14-43(41,42)37-12-8-30(9-13-37)28(39)34-26(35-30)21-3-4-24(31)25(32)17-21/h3-5,14-17,40H,6-13,18H2,1-2H3,(H,34,35,39)/b14-5+. The third kappa shape index (κ3) is 6.37. The fourth-order valence-corrected chi connectivity index (χ4v) is 7.26. The average Bonchev–Trinajstić information content (AvgIpc) is 3.29. The van der Waals surface area contributed by atoms with Crippen LogP contribution in [0, 0.1) is 13.8 Å². The van der Waals surface area contributed by atoms with Gasteiger partial charge in [0.05, 0.1) is 15.6 Å². The zero-order chi connectivity index (χ0) is 31.2. The molecule has 3 aliphatic rings. The monoisotopic (exact) mass is 650 g/mol. The van der Waals surface area contributed by atoms with Crippen LogP contribution >= 0.6 is 23.2 Å². The number of aliphatic hydroxyl groups is 1. The number of benzene rings is 2. The largest absolute Gasteiger partial charge is 0.387 e. The number of aliphatic imine (C=N–C) groups is 1. The van der Waals surface area contributed by atoms with Crippen LogP contribution in [0.3, 0.4) is 0 Å². The van der Waals surface area contributed by atoms with Gasteiger partial charge in [-0.25, -0.2) is 12.8 Å². The maximum atomic E-state index is 13.2. The highest BCUT2D eigenvalue weighted by molar-refractivity contribution is 7.92. The lowest BCUT2D eigenvalue weighted by Crippen LogP contribution is -2.50. The number of sulfonamides is 1. The van der Waals surface area contributed by atoms with Crippen molar-refractivity contribution < 1.29 is 27.5 Å². The molecule has 2 saturated heterocycles. The maximum absolute atomic E-state index is 13.2. The first-order valence-corrected chi connectivity index (χ1v) is 16.3. The highest BCUT2D eigenvalue weighted by atomic mass is 35.5. The number of hydrogen-bond acceptors (Lipinski definition) is 6. The van der Waals surface area contributed by atoms with Gasteiger partial charge in [-0.1, -0.05) is 23.2 Å². The molecule has 1 spiro atoms. The van der Waals surface area contributed by atoms with Gasteiger partial charge in [-0.15, -0.1) is 0 Å². The molecule has 2 aromatic carbocycles. The Balaban J connectivity index is 1.25. The van der Waals surface area contributed by atoms with Crippen LogP contribution in [0.4, 0.5) is 4.39 Å². The summed E-state index contributed by atoms with van der Waals surface area (Å²) in [6, 6.07) is 8.39. The SMILES string of the molecule is Cc1cc(C(=O)N2CCC(O)(CF)CC2)cc(C)c1/C=C/S(=O)(=O)N1CCC2(CC1)N=C(c1ccc(Cl)c(Cl)c1)NC2=O. The van der Waals surface area contributed by atoms with Gasteiger partial charge in [0.2, 0.25) is 10.0 Å². The maximum Gasteiger partial charge on any atom is 0.253 e. The van der Waals surface area contributed by atoms with Crippen LogP contribution in [0.2, 0.25) is 10.0 Å². The zero-order valence-corrected chi connectivity index (χ0v) is 26.2. The lowest BCUT2D eigenvalue weighted by atomic mass is 9.89. The van der Waals surface area contributed by atoms with E-state index in [9.17, 15) is 27.5 Å². The van der Waals surface area contributed by atoms with Crippen LogP contribution in [0.1, 0.15) is 58.3 Å². The molecule has 43 heavy (non-hydrogen) atoms. The summed E-state index contributed by atoms with van der Waals surface area (Å²) in [6.45, 7) is 3.55. The van der Waals surface area contributed by atoms with E-state index in [1.807, 2.05) is 0 Å². The van der Waals surface area contributed by atoms with Crippen molar-refractivity contribution in [3.63, 3.8) is 0 Å². The van der Waals surface area contributed by atoms with E-state index >= 15 is 0 Å². The number of rotatable bonds is 6. The Morgan fingerprint density at radius 2 is 1.67 bits per heavy atom. The molecule has 0 unspecified atom stereocenters. The number of aryl methyl sites for hydroxylation is 2. The number of carbonyl (C=O) groups is 2. The molecule has 0 atom stereocenters. The Hall–Kier alpha value is -2.83. The normalized spacial score (nSPS) is 20.5. The second-order valence-corrected chi connectivity index (χ2v) is 14.1.